The summed E-state index contributed by atoms with van der Waals surface area (Å²) in [6.45, 7) is 1.17. The Labute approximate surface area is 106 Å². The summed E-state index contributed by atoms with van der Waals surface area (Å²) in [6.07, 6.45) is 3.25. The van der Waals surface area contributed by atoms with E-state index in [9.17, 15) is 14.4 Å². The lowest BCUT2D eigenvalue weighted by molar-refractivity contribution is -0.137. The molecule has 0 aromatic rings. The molecule has 0 fully saturated rings. The number of imide groups is 1. The van der Waals surface area contributed by atoms with Crippen molar-refractivity contribution in [2.45, 2.75) is 12.8 Å². The predicted molar refractivity (Wildman–Crippen MR) is 64.4 cm³/mol. The molecule has 0 saturated carbocycles. The molecule has 0 atom stereocenters. The molecular weight excluding hydrogens is 246 g/mol. The highest BCUT2D eigenvalue weighted by atomic mass is 35.5. The normalized spacial score (nSPS) is 13.8. The molecule has 0 aromatic heterocycles. The quantitative estimate of drug-likeness (QED) is 0.483. The van der Waals surface area contributed by atoms with Gasteiger partial charge in [-0.05, 0) is 13.0 Å². The second-order valence-electron chi connectivity index (χ2n) is 3.40. The highest BCUT2D eigenvalue weighted by Crippen LogP contribution is 2.03. The zero-order valence-corrected chi connectivity index (χ0v) is 10.2. The van der Waals surface area contributed by atoms with E-state index < -0.39 is 0 Å². The molecule has 0 unspecified atom stereocenters. The summed E-state index contributed by atoms with van der Waals surface area (Å²) in [5.41, 5.74) is 5.27. The third-order valence-corrected chi connectivity index (χ3v) is 2.17. The van der Waals surface area contributed by atoms with E-state index in [0.717, 1.165) is 11.3 Å². The van der Waals surface area contributed by atoms with Gasteiger partial charge in [0, 0.05) is 31.7 Å². The molecule has 0 aliphatic carbocycles. The van der Waals surface area contributed by atoms with Crippen LogP contribution in [-0.2, 0) is 14.4 Å². The van der Waals surface area contributed by atoms with Crippen LogP contribution in [0.3, 0.4) is 0 Å². The highest BCUT2D eigenvalue weighted by molar-refractivity contribution is 6.13. The van der Waals surface area contributed by atoms with Crippen molar-refractivity contribution in [1.29, 1.82) is 0 Å². The number of hydrogen-bond acceptors (Lipinski definition) is 4. The van der Waals surface area contributed by atoms with Crippen LogP contribution >= 0.6 is 12.4 Å². The average molecular weight is 262 g/mol. The van der Waals surface area contributed by atoms with Crippen molar-refractivity contribution < 1.29 is 14.4 Å². The Morgan fingerprint density at radius 1 is 1.29 bits per heavy atom. The van der Waals surface area contributed by atoms with Gasteiger partial charge in [-0.25, -0.2) is 0 Å². The lowest BCUT2D eigenvalue weighted by Gasteiger charge is -2.13. The Balaban J connectivity index is 0.00000256. The lowest BCUT2D eigenvalue weighted by Crippen LogP contribution is -2.35. The van der Waals surface area contributed by atoms with Gasteiger partial charge in [-0.1, -0.05) is 0 Å². The highest BCUT2D eigenvalue weighted by Gasteiger charge is 2.23. The van der Waals surface area contributed by atoms with Gasteiger partial charge in [-0.3, -0.25) is 19.3 Å². The summed E-state index contributed by atoms with van der Waals surface area (Å²) < 4.78 is 0. The van der Waals surface area contributed by atoms with E-state index >= 15 is 0 Å². The molecule has 96 valence electrons. The minimum atomic E-state index is -0.361. The predicted octanol–water partition coefficient (Wildman–Crippen LogP) is -0.812. The first-order valence-corrected chi connectivity index (χ1v) is 5.15. The van der Waals surface area contributed by atoms with Crippen LogP contribution in [0.15, 0.2) is 12.2 Å². The van der Waals surface area contributed by atoms with Gasteiger partial charge in [0.2, 0.25) is 5.91 Å². The van der Waals surface area contributed by atoms with Crippen molar-refractivity contribution in [3.63, 3.8) is 0 Å². The van der Waals surface area contributed by atoms with Gasteiger partial charge in [0.25, 0.3) is 11.8 Å². The van der Waals surface area contributed by atoms with E-state index in [4.69, 9.17) is 5.73 Å². The SMILES string of the molecule is Cl.NCCCNC(=O)CCN1C(=O)C=CC1=O. The number of rotatable bonds is 6. The third kappa shape index (κ3) is 4.97. The number of nitrogens with two attached hydrogens (primary N) is 1. The Morgan fingerprint density at radius 3 is 2.41 bits per heavy atom. The topological polar surface area (TPSA) is 92.5 Å². The van der Waals surface area contributed by atoms with Gasteiger partial charge < -0.3 is 11.1 Å². The number of nitrogens with one attached hydrogen (secondary N) is 1. The van der Waals surface area contributed by atoms with Crippen molar-refractivity contribution in [3.8, 4) is 0 Å². The molecule has 3 N–H and O–H groups in total. The minimum absolute atomic E-state index is 0. The van der Waals surface area contributed by atoms with E-state index in [1.807, 2.05) is 0 Å². The second kappa shape index (κ2) is 7.81. The van der Waals surface area contributed by atoms with E-state index in [1.165, 1.54) is 12.2 Å². The van der Waals surface area contributed by atoms with Crippen LogP contribution in [0, 0.1) is 0 Å². The average Bonchev–Trinajstić information content (AvgIpc) is 2.57. The maximum atomic E-state index is 11.3. The van der Waals surface area contributed by atoms with Crippen LogP contribution in [0.25, 0.3) is 0 Å². The number of amides is 3. The number of hydrogen-bond donors (Lipinski definition) is 2. The first-order chi connectivity index (χ1) is 7.65. The largest absolute Gasteiger partial charge is 0.356 e. The molecule has 3 amide bonds. The Morgan fingerprint density at radius 2 is 1.88 bits per heavy atom. The third-order valence-electron chi connectivity index (χ3n) is 2.17. The molecule has 1 rings (SSSR count). The fourth-order valence-electron chi connectivity index (χ4n) is 1.28. The Bertz CT molecular complexity index is 313. The van der Waals surface area contributed by atoms with E-state index in [2.05, 4.69) is 5.32 Å². The van der Waals surface area contributed by atoms with Crippen LogP contribution in [0.2, 0.25) is 0 Å². The maximum Gasteiger partial charge on any atom is 0.253 e. The monoisotopic (exact) mass is 261 g/mol. The van der Waals surface area contributed by atoms with Crippen molar-refractivity contribution >= 4 is 30.1 Å². The van der Waals surface area contributed by atoms with Crippen LogP contribution in [0.4, 0.5) is 0 Å². The second-order valence-corrected chi connectivity index (χ2v) is 3.40. The Kier molecular flexibility index (Phi) is 7.16. The standard InChI is InChI=1S/C10H15N3O3.ClH/c11-5-1-6-12-8(14)4-7-13-9(15)2-3-10(13)16;/h2-3H,1,4-7,11H2,(H,12,14);1H. The first kappa shape index (κ1) is 15.6. The fraction of sp³-hybridized carbons (Fsp3) is 0.500. The summed E-state index contributed by atoms with van der Waals surface area (Å²) in [5.74, 6) is -0.902. The van der Waals surface area contributed by atoms with Gasteiger partial charge in [-0.15, -0.1) is 12.4 Å². The van der Waals surface area contributed by atoms with Crippen LogP contribution in [0.1, 0.15) is 12.8 Å². The number of carbonyl (C=O) groups excluding carboxylic acids is 3. The summed E-state index contributed by atoms with van der Waals surface area (Å²) >= 11 is 0. The fourth-order valence-corrected chi connectivity index (χ4v) is 1.28. The van der Waals surface area contributed by atoms with E-state index in [1.54, 1.807) is 0 Å². The molecular formula is C10H16ClN3O3. The van der Waals surface area contributed by atoms with Crippen molar-refractivity contribution in [1.82, 2.24) is 10.2 Å². The van der Waals surface area contributed by atoms with Crippen molar-refractivity contribution in [3.05, 3.63) is 12.2 Å². The summed E-state index contributed by atoms with van der Waals surface area (Å²) in [6, 6.07) is 0. The molecule has 1 aliphatic rings. The maximum absolute atomic E-state index is 11.3. The van der Waals surface area contributed by atoms with Crippen LogP contribution in [-0.4, -0.2) is 42.3 Å². The lowest BCUT2D eigenvalue weighted by atomic mass is 10.3. The van der Waals surface area contributed by atoms with Gasteiger partial charge >= 0.3 is 0 Å². The zero-order valence-electron chi connectivity index (χ0n) is 9.35. The molecule has 6 nitrogen and oxygen atoms in total. The minimum Gasteiger partial charge on any atom is -0.356 e. The molecule has 0 spiro atoms. The molecule has 7 heteroatoms. The molecule has 0 saturated heterocycles. The first-order valence-electron chi connectivity index (χ1n) is 5.15. The Hall–Kier alpha value is -1.40. The molecule has 17 heavy (non-hydrogen) atoms. The smallest absolute Gasteiger partial charge is 0.253 e. The molecule has 0 aromatic carbocycles. The summed E-state index contributed by atoms with van der Waals surface area (Å²) in [5, 5.41) is 2.65. The van der Waals surface area contributed by atoms with Crippen LogP contribution in [0.5, 0.6) is 0 Å². The van der Waals surface area contributed by atoms with Crippen molar-refractivity contribution in [2.24, 2.45) is 5.73 Å². The number of halogens is 1. The zero-order chi connectivity index (χ0) is 12.0. The molecule has 1 aliphatic heterocycles. The van der Waals surface area contributed by atoms with Crippen molar-refractivity contribution in [2.75, 3.05) is 19.6 Å². The van der Waals surface area contributed by atoms with Crippen LogP contribution < -0.4 is 11.1 Å². The molecule has 0 bridgehead atoms. The van der Waals surface area contributed by atoms with E-state index in [0.29, 0.717) is 13.1 Å². The van der Waals surface area contributed by atoms with E-state index in [-0.39, 0.29) is 43.1 Å². The molecule has 0 radical (unpaired) electrons. The van der Waals surface area contributed by atoms with Gasteiger partial charge in [0.1, 0.15) is 0 Å². The van der Waals surface area contributed by atoms with Gasteiger partial charge in [-0.2, -0.15) is 0 Å². The summed E-state index contributed by atoms with van der Waals surface area (Å²) in [7, 11) is 0. The number of nitrogens with zero attached hydrogens (tertiary/aromatic N) is 1. The summed E-state index contributed by atoms with van der Waals surface area (Å²) in [4.78, 5) is 34.6. The molecule has 1 heterocycles. The van der Waals surface area contributed by atoms with Gasteiger partial charge in [0.05, 0.1) is 0 Å². The van der Waals surface area contributed by atoms with Gasteiger partial charge in [0.15, 0.2) is 0 Å². The number of carbonyl (C=O) groups is 3.